The SMILES string of the molecule is Cc1nnc(Cn2cccc2C#N)s1. The summed E-state index contributed by atoms with van der Waals surface area (Å²) in [6.45, 7) is 2.55. The van der Waals surface area contributed by atoms with Gasteiger partial charge in [-0.15, -0.1) is 10.2 Å². The lowest BCUT2D eigenvalue weighted by Gasteiger charge is -1.99. The van der Waals surface area contributed by atoms with Crippen LogP contribution in [0.1, 0.15) is 15.7 Å². The van der Waals surface area contributed by atoms with Gasteiger partial charge in [-0.25, -0.2) is 0 Å². The van der Waals surface area contributed by atoms with Crippen molar-refractivity contribution in [3.8, 4) is 6.07 Å². The van der Waals surface area contributed by atoms with E-state index in [9.17, 15) is 0 Å². The molecular formula is C9H8N4S. The van der Waals surface area contributed by atoms with E-state index in [0.29, 0.717) is 12.2 Å². The van der Waals surface area contributed by atoms with Gasteiger partial charge in [-0.2, -0.15) is 5.26 Å². The summed E-state index contributed by atoms with van der Waals surface area (Å²) < 4.78 is 1.86. The first-order chi connectivity index (χ1) is 6.79. The van der Waals surface area contributed by atoms with E-state index >= 15 is 0 Å². The molecule has 14 heavy (non-hydrogen) atoms. The Labute approximate surface area is 85.4 Å². The van der Waals surface area contributed by atoms with Crippen molar-refractivity contribution in [2.75, 3.05) is 0 Å². The van der Waals surface area contributed by atoms with Gasteiger partial charge in [0.05, 0.1) is 6.54 Å². The van der Waals surface area contributed by atoms with Gasteiger partial charge in [0.1, 0.15) is 21.8 Å². The van der Waals surface area contributed by atoms with Crippen molar-refractivity contribution in [1.82, 2.24) is 14.8 Å². The Morgan fingerprint density at radius 3 is 3.07 bits per heavy atom. The fourth-order valence-electron chi connectivity index (χ4n) is 1.20. The molecule has 2 aromatic heterocycles. The molecule has 0 unspecified atom stereocenters. The van der Waals surface area contributed by atoms with Gasteiger partial charge < -0.3 is 4.57 Å². The molecule has 0 aliphatic rings. The van der Waals surface area contributed by atoms with E-state index < -0.39 is 0 Å². The molecule has 2 heterocycles. The predicted octanol–water partition coefficient (Wildman–Crippen LogP) is 1.57. The molecule has 0 fully saturated rings. The highest BCUT2D eigenvalue weighted by Gasteiger charge is 2.04. The van der Waals surface area contributed by atoms with Crippen LogP contribution >= 0.6 is 11.3 Å². The predicted molar refractivity (Wildman–Crippen MR) is 52.9 cm³/mol. The fraction of sp³-hybridized carbons (Fsp3) is 0.222. The largest absolute Gasteiger partial charge is 0.333 e. The molecular weight excluding hydrogens is 196 g/mol. The minimum atomic E-state index is 0.626. The summed E-state index contributed by atoms with van der Waals surface area (Å²) in [7, 11) is 0. The van der Waals surface area contributed by atoms with Crippen molar-refractivity contribution < 1.29 is 0 Å². The molecule has 0 spiro atoms. The van der Waals surface area contributed by atoms with E-state index in [1.54, 1.807) is 17.4 Å². The highest BCUT2D eigenvalue weighted by molar-refractivity contribution is 7.11. The first kappa shape index (κ1) is 8.91. The lowest BCUT2D eigenvalue weighted by atomic mass is 10.5. The van der Waals surface area contributed by atoms with Crippen LogP contribution in [0.25, 0.3) is 0 Å². The highest BCUT2D eigenvalue weighted by atomic mass is 32.1. The standard InChI is InChI=1S/C9H8N4S/c1-7-11-12-9(14-7)6-13-4-2-3-8(13)5-10/h2-4H,6H2,1H3. The van der Waals surface area contributed by atoms with Gasteiger partial charge in [0, 0.05) is 6.20 Å². The molecule has 0 aromatic carbocycles. The Morgan fingerprint density at radius 1 is 1.57 bits per heavy atom. The summed E-state index contributed by atoms with van der Waals surface area (Å²) >= 11 is 1.55. The van der Waals surface area contributed by atoms with E-state index in [1.807, 2.05) is 23.8 Å². The zero-order valence-electron chi connectivity index (χ0n) is 7.64. The van der Waals surface area contributed by atoms with Crippen LogP contribution < -0.4 is 0 Å². The summed E-state index contributed by atoms with van der Waals surface area (Å²) in [5.41, 5.74) is 0.651. The molecule has 70 valence electrons. The molecule has 0 saturated carbocycles. The first-order valence-corrected chi connectivity index (χ1v) is 4.95. The number of nitriles is 1. The van der Waals surface area contributed by atoms with E-state index in [2.05, 4.69) is 16.3 Å². The van der Waals surface area contributed by atoms with Gasteiger partial charge in [-0.1, -0.05) is 11.3 Å². The topological polar surface area (TPSA) is 54.5 Å². The molecule has 0 bridgehead atoms. The highest BCUT2D eigenvalue weighted by Crippen LogP contribution is 2.11. The molecule has 5 heteroatoms. The summed E-state index contributed by atoms with van der Waals surface area (Å²) in [5, 5.41) is 18.6. The summed E-state index contributed by atoms with van der Waals surface area (Å²) in [6, 6.07) is 5.76. The first-order valence-electron chi connectivity index (χ1n) is 4.14. The lowest BCUT2D eigenvalue weighted by molar-refractivity contribution is 0.772. The molecule has 4 nitrogen and oxygen atoms in total. The minimum Gasteiger partial charge on any atom is -0.333 e. The van der Waals surface area contributed by atoms with E-state index in [0.717, 1.165) is 10.0 Å². The fourth-order valence-corrected chi connectivity index (χ4v) is 1.91. The number of hydrogen-bond donors (Lipinski definition) is 0. The second-order valence-corrected chi connectivity index (χ2v) is 4.11. The Hall–Kier alpha value is -1.67. The molecule has 2 rings (SSSR count). The smallest absolute Gasteiger partial charge is 0.137 e. The van der Waals surface area contributed by atoms with Crippen molar-refractivity contribution in [2.24, 2.45) is 0 Å². The van der Waals surface area contributed by atoms with Gasteiger partial charge in [0.15, 0.2) is 0 Å². The average molecular weight is 204 g/mol. The van der Waals surface area contributed by atoms with Gasteiger partial charge in [0.2, 0.25) is 0 Å². The second kappa shape index (κ2) is 3.60. The third kappa shape index (κ3) is 1.65. The molecule has 0 aliphatic carbocycles. The van der Waals surface area contributed by atoms with Crippen LogP contribution in [0.5, 0.6) is 0 Å². The van der Waals surface area contributed by atoms with Crippen LogP contribution in [0.3, 0.4) is 0 Å². The third-order valence-electron chi connectivity index (χ3n) is 1.82. The Bertz CT molecular complexity index is 477. The van der Waals surface area contributed by atoms with Crippen LogP contribution in [0.15, 0.2) is 18.3 Å². The summed E-state index contributed by atoms with van der Waals surface area (Å²) in [6.07, 6.45) is 1.87. The maximum absolute atomic E-state index is 8.79. The molecule has 0 atom stereocenters. The van der Waals surface area contributed by atoms with E-state index in [4.69, 9.17) is 5.26 Å². The van der Waals surface area contributed by atoms with Crippen LogP contribution in [-0.4, -0.2) is 14.8 Å². The van der Waals surface area contributed by atoms with Crippen molar-refractivity contribution in [3.63, 3.8) is 0 Å². The van der Waals surface area contributed by atoms with Crippen molar-refractivity contribution >= 4 is 11.3 Å². The van der Waals surface area contributed by atoms with Gasteiger partial charge in [0.25, 0.3) is 0 Å². The maximum atomic E-state index is 8.79. The Morgan fingerprint density at radius 2 is 2.43 bits per heavy atom. The maximum Gasteiger partial charge on any atom is 0.137 e. The van der Waals surface area contributed by atoms with Crippen LogP contribution in [-0.2, 0) is 6.54 Å². The van der Waals surface area contributed by atoms with Crippen LogP contribution in [0.4, 0.5) is 0 Å². The average Bonchev–Trinajstić information content (AvgIpc) is 2.76. The third-order valence-corrected chi connectivity index (χ3v) is 2.64. The van der Waals surface area contributed by atoms with Crippen molar-refractivity contribution in [2.45, 2.75) is 13.5 Å². The molecule has 2 aromatic rings. The Balaban J connectivity index is 2.23. The molecule has 0 aliphatic heterocycles. The summed E-state index contributed by atoms with van der Waals surface area (Å²) in [5.74, 6) is 0. The number of aryl methyl sites for hydroxylation is 1. The molecule has 0 N–H and O–H groups in total. The van der Waals surface area contributed by atoms with Crippen molar-refractivity contribution in [3.05, 3.63) is 34.0 Å². The van der Waals surface area contributed by atoms with Gasteiger partial charge in [-0.3, -0.25) is 0 Å². The van der Waals surface area contributed by atoms with Crippen LogP contribution in [0, 0.1) is 18.3 Å². The molecule has 0 amide bonds. The lowest BCUT2D eigenvalue weighted by Crippen LogP contribution is -1.99. The zero-order valence-corrected chi connectivity index (χ0v) is 8.45. The quantitative estimate of drug-likeness (QED) is 0.746. The zero-order chi connectivity index (χ0) is 9.97. The van der Waals surface area contributed by atoms with E-state index in [1.165, 1.54) is 0 Å². The number of nitrogens with zero attached hydrogens (tertiary/aromatic N) is 4. The van der Waals surface area contributed by atoms with Gasteiger partial charge >= 0.3 is 0 Å². The Kier molecular flexibility index (Phi) is 2.29. The van der Waals surface area contributed by atoms with Crippen LogP contribution in [0.2, 0.25) is 0 Å². The summed E-state index contributed by atoms with van der Waals surface area (Å²) in [4.78, 5) is 0. The number of aromatic nitrogens is 3. The van der Waals surface area contributed by atoms with Crippen molar-refractivity contribution in [1.29, 1.82) is 5.26 Å². The normalized spacial score (nSPS) is 10.0. The van der Waals surface area contributed by atoms with Gasteiger partial charge in [-0.05, 0) is 19.1 Å². The minimum absolute atomic E-state index is 0.626. The number of hydrogen-bond acceptors (Lipinski definition) is 4. The second-order valence-electron chi connectivity index (χ2n) is 2.85. The molecule has 0 saturated heterocycles. The monoisotopic (exact) mass is 204 g/mol. The molecule has 0 radical (unpaired) electrons. The van der Waals surface area contributed by atoms with E-state index in [-0.39, 0.29) is 0 Å². The number of rotatable bonds is 2.